The van der Waals surface area contributed by atoms with Crippen LogP contribution in [0.4, 0.5) is 11.4 Å². The number of aliphatic hydroxyl groups is 1. The van der Waals surface area contributed by atoms with E-state index in [9.17, 15) is 10.1 Å². The molecule has 0 amide bonds. The van der Waals surface area contributed by atoms with E-state index in [0.29, 0.717) is 25.4 Å². The highest BCUT2D eigenvalue weighted by Gasteiger charge is 2.18. The molecule has 0 aromatic heterocycles. The Bertz CT molecular complexity index is 729. The molecule has 1 aliphatic heterocycles. The molecule has 2 aromatic carbocycles. The van der Waals surface area contributed by atoms with E-state index in [0.717, 1.165) is 29.7 Å². The molecule has 29 heavy (non-hydrogen) atoms. The molecule has 1 fully saturated rings. The summed E-state index contributed by atoms with van der Waals surface area (Å²) in [6, 6.07) is 12.7. The molecule has 0 radical (unpaired) electrons. The van der Waals surface area contributed by atoms with Gasteiger partial charge in [-0.25, -0.2) is 0 Å². The van der Waals surface area contributed by atoms with Gasteiger partial charge < -0.3 is 10.4 Å². The van der Waals surface area contributed by atoms with Crippen molar-refractivity contribution in [2.45, 2.75) is 53.8 Å². The molecule has 0 aliphatic carbocycles. The molecular weight excluding hydrogens is 370 g/mol. The number of hydrogen-bond acceptors (Lipinski definition) is 6. The molecule has 0 atom stereocenters. The van der Waals surface area contributed by atoms with Crippen molar-refractivity contribution in [3.8, 4) is 0 Å². The van der Waals surface area contributed by atoms with Crippen molar-refractivity contribution in [3.05, 3.63) is 69.3 Å². The molecule has 0 saturated carbocycles. The first-order chi connectivity index (χ1) is 14.2. The van der Waals surface area contributed by atoms with Gasteiger partial charge in [-0.1, -0.05) is 58.0 Å². The molecule has 0 unspecified atom stereocenters. The molecule has 0 spiro atoms. The number of nitrogens with one attached hydrogen (secondary N) is 1. The number of nitro groups is 1. The Morgan fingerprint density at radius 3 is 2.24 bits per heavy atom. The minimum atomic E-state index is -0.370. The van der Waals surface area contributed by atoms with Crippen molar-refractivity contribution >= 4 is 11.4 Å². The molecular formula is C22H33N3O4. The Labute approximate surface area is 173 Å². The fourth-order valence-electron chi connectivity index (χ4n) is 2.76. The van der Waals surface area contributed by atoms with E-state index in [2.05, 4.69) is 5.32 Å². The predicted molar refractivity (Wildman–Crippen MR) is 116 cm³/mol. The van der Waals surface area contributed by atoms with Crippen molar-refractivity contribution in [3.63, 3.8) is 0 Å². The van der Waals surface area contributed by atoms with E-state index < -0.39 is 0 Å². The van der Waals surface area contributed by atoms with Crippen molar-refractivity contribution in [2.24, 2.45) is 0 Å². The minimum absolute atomic E-state index is 0.00136. The van der Waals surface area contributed by atoms with Gasteiger partial charge in [-0.3, -0.25) is 15.0 Å². The summed E-state index contributed by atoms with van der Waals surface area (Å²) in [6.07, 6.45) is 0.983. The third kappa shape index (κ3) is 7.81. The van der Waals surface area contributed by atoms with Crippen LogP contribution in [0.5, 0.6) is 0 Å². The summed E-state index contributed by atoms with van der Waals surface area (Å²) in [7, 11) is 0. The lowest BCUT2D eigenvalue weighted by Gasteiger charge is -2.14. The van der Waals surface area contributed by atoms with Crippen LogP contribution < -0.4 is 5.32 Å². The van der Waals surface area contributed by atoms with Gasteiger partial charge in [0.15, 0.2) is 0 Å². The summed E-state index contributed by atoms with van der Waals surface area (Å²) >= 11 is 0. The van der Waals surface area contributed by atoms with Crippen LogP contribution in [0.25, 0.3) is 0 Å². The third-order valence-corrected chi connectivity index (χ3v) is 4.13. The Balaban J connectivity index is 0.000000989. The van der Waals surface area contributed by atoms with E-state index in [4.69, 9.17) is 9.94 Å². The first-order valence-electron chi connectivity index (χ1n) is 10.2. The van der Waals surface area contributed by atoms with E-state index in [1.165, 1.54) is 0 Å². The number of aliphatic hydroxyl groups excluding tert-OH is 1. The average Bonchev–Trinajstić information content (AvgIpc) is 3.29. The highest BCUT2D eigenvalue weighted by molar-refractivity contribution is 5.62. The SMILES string of the molecule is CC.CC.O=[N+]([O-])c1cc(CN2CCCO2)ccc1NCc1ccc(CO)cc1. The summed E-state index contributed by atoms with van der Waals surface area (Å²) in [5.74, 6) is 0. The average molecular weight is 404 g/mol. The monoisotopic (exact) mass is 403 g/mol. The molecule has 2 N–H and O–H groups in total. The Hall–Kier alpha value is -2.48. The highest BCUT2D eigenvalue weighted by Crippen LogP contribution is 2.27. The van der Waals surface area contributed by atoms with Gasteiger partial charge in [0.1, 0.15) is 5.69 Å². The lowest BCUT2D eigenvalue weighted by Crippen LogP contribution is -2.17. The molecule has 160 valence electrons. The number of benzene rings is 2. The maximum absolute atomic E-state index is 11.4. The molecule has 7 nitrogen and oxygen atoms in total. The molecule has 0 bridgehead atoms. The first kappa shape index (κ1) is 24.6. The van der Waals surface area contributed by atoms with Crippen molar-refractivity contribution in [2.75, 3.05) is 18.5 Å². The van der Waals surface area contributed by atoms with Gasteiger partial charge in [0.2, 0.25) is 0 Å². The molecule has 3 rings (SSSR count). The molecule has 1 aliphatic rings. The number of rotatable bonds is 7. The summed E-state index contributed by atoms with van der Waals surface area (Å²) in [6.45, 7) is 10.6. The number of anilines is 1. The van der Waals surface area contributed by atoms with Crippen LogP contribution in [-0.2, 0) is 24.5 Å². The first-order valence-corrected chi connectivity index (χ1v) is 10.2. The van der Waals surface area contributed by atoms with Crippen LogP contribution in [0.15, 0.2) is 42.5 Å². The quantitative estimate of drug-likeness (QED) is 0.505. The Morgan fingerprint density at radius 2 is 1.69 bits per heavy atom. The van der Waals surface area contributed by atoms with E-state index in [1.807, 2.05) is 63.1 Å². The number of nitrogens with zero attached hydrogens (tertiary/aromatic N) is 2. The number of hydroxylamine groups is 2. The normalized spacial score (nSPS) is 13.0. The molecule has 7 heteroatoms. The van der Waals surface area contributed by atoms with Gasteiger partial charge in [0, 0.05) is 25.7 Å². The van der Waals surface area contributed by atoms with Crippen LogP contribution >= 0.6 is 0 Å². The molecule has 1 saturated heterocycles. The maximum Gasteiger partial charge on any atom is 0.292 e. The summed E-state index contributed by atoms with van der Waals surface area (Å²) in [5.41, 5.74) is 3.22. The van der Waals surface area contributed by atoms with E-state index in [-0.39, 0.29) is 17.2 Å². The van der Waals surface area contributed by atoms with Crippen LogP contribution in [-0.4, -0.2) is 28.2 Å². The van der Waals surface area contributed by atoms with Crippen LogP contribution in [0, 0.1) is 10.1 Å². The second-order valence-electron chi connectivity index (χ2n) is 5.99. The third-order valence-electron chi connectivity index (χ3n) is 4.13. The van der Waals surface area contributed by atoms with E-state index in [1.54, 1.807) is 12.1 Å². The topological polar surface area (TPSA) is 87.9 Å². The largest absolute Gasteiger partial charge is 0.392 e. The second kappa shape index (κ2) is 13.7. The summed E-state index contributed by atoms with van der Waals surface area (Å²) in [5, 5.41) is 25.4. The number of nitro benzene ring substituents is 1. The minimum Gasteiger partial charge on any atom is -0.392 e. The fraction of sp³-hybridized carbons (Fsp3) is 0.455. The van der Waals surface area contributed by atoms with Gasteiger partial charge >= 0.3 is 0 Å². The lowest BCUT2D eigenvalue weighted by molar-refractivity contribution is -0.384. The second-order valence-corrected chi connectivity index (χ2v) is 5.99. The van der Waals surface area contributed by atoms with Crippen LogP contribution in [0.1, 0.15) is 50.8 Å². The Kier molecular flexibility index (Phi) is 11.6. The van der Waals surface area contributed by atoms with Gasteiger partial charge in [-0.2, -0.15) is 5.06 Å². The predicted octanol–water partition coefficient (Wildman–Crippen LogP) is 4.89. The zero-order valence-electron chi connectivity index (χ0n) is 17.9. The van der Waals surface area contributed by atoms with Gasteiger partial charge in [0.05, 0.1) is 18.1 Å². The van der Waals surface area contributed by atoms with Crippen molar-refractivity contribution in [1.82, 2.24) is 5.06 Å². The van der Waals surface area contributed by atoms with Gasteiger partial charge in [-0.15, -0.1) is 0 Å². The van der Waals surface area contributed by atoms with Gasteiger partial charge in [-0.05, 0) is 29.2 Å². The standard InChI is InChI=1S/C18H21N3O4.2C2H6/c22-13-15-4-2-14(3-5-15)11-19-17-7-6-16(10-18(17)21(23)24)12-20-8-1-9-25-20;2*1-2/h2-7,10,19,22H,1,8-9,11-13H2;2*1-2H3. The zero-order chi connectivity index (χ0) is 21.6. The van der Waals surface area contributed by atoms with Crippen LogP contribution in [0.2, 0.25) is 0 Å². The highest BCUT2D eigenvalue weighted by atomic mass is 16.7. The summed E-state index contributed by atoms with van der Waals surface area (Å²) in [4.78, 5) is 16.5. The maximum atomic E-state index is 11.4. The lowest BCUT2D eigenvalue weighted by atomic mass is 10.1. The van der Waals surface area contributed by atoms with Crippen LogP contribution in [0.3, 0.4) is 0 Å². The van der Waals surface area contributed by atoms with E-state index >= 15 is 0 Å². The van der Waals surface area contributed by atoms with Gasteiger partial charge in [0.25, 0.3) is 5.69 Å². The zero-order valence-corrected chi connectivity index (χ0v) is 17.9. The smallest absolute Gasteiger partial charge is 0.292 e. The number of hydrogen-bond donors (Lipinski definition) is 2. The summed E-state index contributed by atoms with van der Waals surface area (Å²) < 4.78 is 0. The molecule has 2 aromatic rings. The fourth-order valence-corrected chi connectivity index (χ4v) is 2.76. The molecule has 1 heterocycles. The Morgan fingerprint density at radius 1 is 1.07 bits per heavy atom. The van der Waals surface area contributed by atoms with Crippen molar-refractivity contribution < 1.29 is 14.9 Å². The van der Waals surface area contributed by atoms with Crippen molar-refractivity contribution in [1.29, 1.82) is 0 Å².